The second-order valence-electron chi connectivity index (χ2n) is 2.67. The van der Waals surface area contributed by atoms with Crippen LogP contribution in [0.25, 0.3) is 0 Å². The average Bonchev–Trinajstić information content (AvgIpc) is 1.97. The third-order valence-corrected chi connectivity index (χ3v) is 1.72. The maximum Gasteiger partial charge on any atom is 0.0515 e. The first kappa shape index (κ1) is 6.75. The van der Waals surface area contributed by atoms with E-state index in [1.807, 2.05) is 0 Å². The van der Waals surface area contributed by atoms with Crippen LogP contribution in [0.4, 0.5) is 0 Å². The van der Waals surface area contributed by atoms with Gasteiger partial charge in [-0.1, -0.05) is 0 Å². The molecule has 0 fully saturated rings. The molecule has 0 saturated carbocycles. The van der Waals surface area contributed by atoms with Crippen LogP contribution in [-0.4, -0.2) is 37.3 Å². The van der Waals surface area contributed by atoms with E-state index in [-0.39, 0.29) is 0 Å². The Bertz CT molecular complexity index is 118. The molecule has 52 valence electrons. The molecule has 0 unspecified atom stereocenters. The van der Waals surface area contributed by atoms with Crippen molar-refractivity contribution in [2.75, 3.05) is 26.7 Å². The molecule has 0 aromatic rings. The normalized spacial score (nSPS) is 23.1. The lowest BCUT2D eigenvalue weighted by molar-refractivity contribution is 0.361. The zero-order valence-electron chi connectivity index (χ0n) is 6.22. The van der Waals surface area contributed by atoms with Crippen molar-refractivity contribution in [3.63, 3.8) is 0 Å². The molecule has 1 aliphatic heterocycles. The lowest BCUT2D eigenvalue weighted by Gasteiger charge is -2.10. The van der Waals surface area contributed by atoms with Gasteiger partial charge < -0.3 is 4.90 Å². The van der Waals surface area contributed by atoms with Crippen molar-refractivity contribution >= 4 is 5.71 Å². The van der Waals surface area contributed by atoms with Gasteiger partial charge in [-0.05, 0) is 20.4 Å². The van der Waals surface area contributed by atoms with E-state index >= 15 is 0 Å². The molecule has 1 aliphatic rings. The van der Waals surface area contributed by atoms with Crippen LogP contribution in [0.2, 0.25) is 0 Å². The molecular weight excluding hydrogens is 112 g/mol. The third kappa shape index (κ3) is 2.14. The minimum absolute atomic E-state index is 0.988. The lowest BCUT2D eigenvalue weighted by atomic mass is 10.3. The molecule has 0 saturated heterocycles. The van der Waals surface area contributed by atoms with E-state index in [0.29, 0.717) is 0 Å². The van der Waals surface area contributed by atoms with Crippen molar-refractivity contribution < 1.29 is 0 Å². The van der Waals surface area contributed by atoms with Crippen molar-refractivity contribution in [1.82, 2.24) is 4.90 Å². The van der Waals surface area contributed by atoms with Crippen molar-refractivity contribution in [2.45, 2.75) is 13.3 Å². The van der Waals surface area contributed by atoms with Crippen molar-refractivity contribution in [3.05, 3.63) is 0 Å². The quantitative estimate of drug-likeness (QED) is 0.468. The topological polar surface area (TPSA) is 15.6 Å². The predicted octanol–water partition coefficient (Wildman–Crippen LogP) is 0.783. The molecule has 2 nitrogen and oxygen atoms in total. The molecule has 0 N–H and O–H groups in total. The zero-order chi connectivity index (χ0) is 6.69. The van der Waals surface area contributed by atoms with Gasteiger partial charge in [0.25, 0.3) is 0 Å². The summed E-state index contributed by atoms with van der Waals surface area (Å²) >= 11 is 0. The van der Waals surface area contributed by atoms with Gasteiger partial charge in [0.15, 0.2) is 0 Å². The average molecular weight is 126 g/mol. The summed E-state index contributed by atoms with van der Waals surface area (Å²) in [6, 6.07) is 0. The highest BCUT2D eigenvalue weighted by atomic mass is 15.1. The summed E-state index contributed by atoms with van der Waals surface area (Å²) in [5.41, 5.74) is 1.30. The van der Waals surface area contributed by atoms with Crippen LogP contribution in [0.5, 0.6) is 0 Å². The standard InChI is InChI=1S/C7H14N2/c1-7-3-5-9(2)6-4-8-7/h3-6H2,1-2H3. The Labute approximate surface area is 56.6 Å². The van der Waals surface area contributed by atoms with Crippen LogP contribution in [0.1, 0.15) is 13.3 Å². The fourth-order valence-corrected chi connectivity index (χ4v) is 0.955. The van der Waals surface area contributed by atoms with Crippen molar-refractivity contribution in [2.24, 2.45) is 4.99 Å². The van der Waals surface area contributed by atoms with E-state index < -0.39 is 0 Å². The zero-order valence-corrected chi connectivity index (χ0v) is 6.22. The van der Waals surface area contributed by atoms with Gasteiger partial charge in [0.05, 0.1) is 6.54 Å². The molecule has 2 heteroatoms. The molecule has 1 rings (SSSR count). The summed E-state index contributed by atoms with van der Waals surface area (Å²) in [7, 11) is 2.15. The maximum atomic E-state index is 4.35. The summed E-state index contributed by atoms with van der Waals surface area (Å²) in [5, 5.41) is 0. The van der Waals surface area contributed by atoms with Gasteiger partial charge in [-0.2, -0.15) is 0 Å². The Kier molecular flexibility index (Phi) is 2.22. The number of rotatable bonds is 0. The largest absolute Gasteiger partial charge is 0.304 e. The van der Waals surface area contributed by atoms with E-state index in [9.17, 15) is 0 Å². The summed E-state index contributed by atoms with van der Waals surface area (Å²) in [6.45, 7) is 5.40. The number of aliphatic imine (C=N–C) groups is 1. The fourth-order valence-electron chi connectivity index (χ4n) is 0.955. The van der Waals surface area contributed by atoms with Crippen molar-refractivity contribution in [1.29, 1.82) is 0 Å². The van der Waals surface area contributed by atoms with E-state index in [1.165, 1.54) is 12.3 Å². The number of likely N-dealkylation sites (N-methyl/N-ethyl adjacent to an activating group) is 1. The third-order valence-electron chi connectivity index (χ3n) is 1.72. The van der Waals surface area contributed by atoms with Crippen LogP contribution >= 0.6 is 0 Å². The highest BCUT2D eigenvalue weighted by Crippen LogP contribution is 1.95. The SMILES string of the molecule is CC1=NCCN(C)CC1. The number of hydrogen-bond donors (Lipinski definition) is 0. The molecule has 0 atom stereocenters. The van der Waals surface area contributed by atoms with Gasteiger partial charge in [0.2, 0.25) is 0 Å². The highest BCUT2D eigenvalue weighted by Gasteiger charge is 2.02. The van der Waals surface area contributed by atoms with E-state index in [2.05, 4.69) is 23.9 Å². The second kappa shape index (κ2) is 2.97. The monoisotopic (exact) mass is 126 g/mol. The van der Waals surface area contributed by atoms with Crippen molar-refractivity contribution in [3.8, 4) is 0 Å². The summed E-state index contributed by atoms with van der Waals surface area (Å²) < 4.78 is 0. The summed E-state index contributed by atoms with van der Waals surface area (Å²) in [6.07, 6.45) is 1.15. The number of nitrogens with zero attached hydrogens (tertiary/aromatic N) is 2. The first-order valence-electron chi connectivity index (χ1n) is 3.47. The van der Waals surface area contributed by atoms with Gasteiger partial charge in [0, 0.05) is 18.8 Å². The van der Waals surface area contributed by atoms with Gasteiger partial charge in [-0.25, -0.2) is 0 Å². The molecule has 0 aliphatic carbocycles. The van der Waals surface area contributed by atoms with E-state index in [0.717, 1.165) is 19.5 Å². The highest BCUT2D eigenvalue weighted by molar-refractivity contribution is 5.82. The Morgan fingerprint density at radius 1 is 1.44 bits per heavy atom. The van der Waals surface area contributed by atoms with Gasteiger partial charge in [-0.15, -0.1) is 0 Å². The predicted molar refractivity (Wildman–Crippen MR) is 40.1 cm³/mol. The minimum atomic E-state index is 0.988. The van der Waals surface area contributed by atoms with Gasteiger partial charge >= 0.3 is 0 Å². The number of hydrogen-bond acceptors (Lipinski definition) is 2. The molecule has 9 heavy (non-hydrogen) atoms. The van der Waals surface area contributed by atoms with Crippen LogP contribution in [0.15, 0.2) is 4.99 Å². The Balaban J connectivity index is 2.39. The lowest BCUT2D eigenvalue weighted by Crippen LogP contribution is -2.21. The Hall–Kier alpha value is -0.370. The van der Waals surface area contributed by atoms with Crippen LogP contribution < -0.4 is 0 Å². The minimum Gasteiger partial charge on any atom is -0.304 e. The Morgan fingerprint density at radius 2 is 2.22 bits per heavy atom. The van der Waals surface area contributed by atoms with Crippen LogP contribution in [0.3, 0.4) is 0 Å². The van der Waals surface area contributed by atoms with Crippen LogP contribution in [0, 0.1) is 0 Å². The van der Waals surface area contributed by atoms with Gasteiger partial charge in [0.1, 0.15) is 0 Å². The molecule has 1 heterocycles. The van der Waals surface area contributed by atoms with Crippen LogP contribution in [-0.2, 0) is 0 Å². The molecule has 0 radical (unpaired) electrons. The maximum absolute atomic E-state index is 4.35. The smallest absolute Gasteiger partial charge is 0.0515 e. The summed E-state index contributed by atoms with van der Waals surface area (Å²) in [4.78, 5) is 6.67. The second-order valence-corrected chi connectivity index (χ2v) is 2.67. The van der Waals surface area contributed by atoms with E-state index in [4.69, 9.17) is 0 Å². The fraction of sp³-hybridized carbons (Fsp3) is 0.857. The summed E-state index contributed by atoms with van der Waals surface area (Å²) in [5.74, 6) is 0. The molecular formula is C7H14N2. The van der Waals surface area contributed by atoms with Gasteiger partial charge in [-0.3, -0.25) is 4.99 Å². The molecule has 0 bridgehead atoms. The first-order valence-corrected chi connectivity index (χ1v) is 3.47. The first-order chi connectivity index (χ1) is 4.29. The molecule has 0 aromatic heterocycles. The Morgan fingerprint density at radius 3 is 3.00 bits per heavy atom. The molecule has 0 aromatic carbocycles. The van der Waals surface area contributed by atoms with E-state index in [1.54, 1.807) is 0 Å². The molecule has 0 amide bonds. The molecule has 0 spiro atoms.